The molecule has 0 spiro atoms. The molecule has 0 saturated carbocycles. The average molecular weight is 358 g/mol. The first-order chi connectivity index (χ1) is 12.6. The van der Waals surface area contributed by atoms with Gasteiger partial charge in [-0.3, -0.25) is 0 Å². The van der Waals surface area contributed by atoms with Gasteiger partial charge in [-0.1, -0.05) is 18.2 Å². The summed E-state index contributed by atoms with van der Waals surface area (Å²) in [5, 5.41) is 2.88. The van der Waals surface area contributed by atoms with E-state index in [0.29, 0.717) is 24.6 Å². The molecular formula is C20H23FN2O3. The zero-order valence-corrected chi connectivity index (χ0v) is 15.0. The monoisotopic (exact) mass is 358 g/mol. The van der Waals surface area contributed by atoms with Crippen molar-refractivity contribution < 1.29 is 18.7 Å². The molecule has 1 aliphatic rings. The number of nitrogens with zero attached hydrogens (tertiary/aromatic N) is 1. The molecule has 0 bridgehead atoms. The highest BCUT2D eigenvalue weighted by atomic mass is 19.1. The molecular weight excluding hydrogens is 335 g/mol. The lowest BCUT2D eigenvalue weighted by atomic mass is 10.0. The molecule has 2 amide bonds. The Balaban J connectivity index is 1.70. The van der Waals surface area contributed by atoms with Gasteiger partial charge in [-0.15, -0.1) is 0 Å². The number of ether oxygens (including phenoxy) is 2. The Hall–Kier alpha value is -2.76. The molecule has 0 aliphatic carbocycles. The molecule has 2 aromatic rings. The van der Waals surface area contributed by atoms with Gasteiger partial charge in [0.15, 0.2) is 11.5 Å². The molecule has 1 saturated heterocycles. The Morgan fingerprint density at radius 2 is 2.00 bits per heavy atom. The van der Waals surface area contributed by atoms with Crippen molar-refractivity contribution in [2.24, 2.45) is 0 Å². The van der Waals surface area contributed by atoms with Crippen LogP contribution in [0.3, 0.4) is 0 Å². The molecule has 1 aliphatic heterocycles. The van der Waals surface area contributed by atoms with Gasteiger partial charge in [0.05, 0.1) is 20.3 Å². The number of methoxy groups -OCH3 is 2. The van der Waals surface area contributed by atoms with Gasteiger partial charge in [0, 0.05) is 13.1 Å². The molecule has 5 nitrogen and oxygen atoms in total. The van der Waals surface area contributed by atoms with Crippen LogP contribution in [0.25, 0.3) is 0 Å². The highest BCUT2D eigenvalue weighted by molar-refractivity contribution is 5.75. The lowest BCUT2D eigenvalue weighted by Crippen LogP contribution is -2.39. The summed E-state index contributed by atoms with van der Waals surface area (Å²) in [6.45, 7) is 0.986. The fraction of sp³-hybridized carbons (Fsp3) is 0.350. The maximum absolute atomic E-state index is 13.3. The zero-order chi connectivity index (χ0) is 18.5. The Kier molecular flexibility index (Phi) is 5.61. The summed E-state index contributed by atoms with van der Waals surface area (Å²) in [6, 6.07) is 11.8. The van der Waals surface area contributed by atoms with Gasteiger partial charge in [0.25, 0.3) is 0 Å². The third-order valence-corrected chi connectivity index (χ3v) is 4.64. The van der Waals surface area contributed by atoms with E-state index in [-0.39, 0.29) is 17.9 Å². The van der Waals surface area contributed by atoms with Crippen LogP contribution in [0.4, 0.5) is 9.18 Å². The summed E-state index contributed by atoms with van der Waals surface area (Å²) in [4.78, 5) is 14.4. The first-order valence-corrected chi connectivity index (χ1v) is 8.63. The SMILES string of the molecule is COc1ccc(C2CCCN2C(=O)NCc2cccc(F)c2)cc1OC. The van der Waals surface area contributed by atoms with Gasteiger partial charge in [-0.25, -0.2) is 9.18 Å². The van der Waals surface area contributed by atoms with Gasteiger partial charge >= 0.3 is 6.03 Å². The van der Waals surface area contributed by atoms with E-state index < -0.39 is 0 Å². The first-order valence-electron chi connectivity index (χ1n) is 8.63. The maximum Gasteiger partial charge on any atom is 0.318 e. The van der Waals surface area contributed by atoms with Crippen LogP contribution in [0.1, 0.15) is 30.0 Å². The van der Waals surface area contributed by atoms with Gasteiger partial charge in [0.2, 0.25) is 0 Å². The van der Waals surface area contributed by atoms with Crippen molar-refractivity contribution >= 4 is 6.03 Å². The summed E-state index contributed by atoms with van der Waals surface area (Å²) >= 11 is 0. The predicted molar refractivity (Wildman–Crippen MR) is 96.9 cm³/mol. The number of hydrogen-bond acceptors (Lipinski definition) is 3. The van der Waals surface area contributed by atoms with Crippen LogP contribution >= 0.6 is 0 Å². The Labute approximate surface area is 152 Å². The Morgan fingerprint density at radius 1 is 1.19 bits per heavy atom. The van der Waals surface area contributed by atoms with E-state index in [1.807, 2.05) is 23.1 Å². The van der Waals surface area contributed by atoms with E-state index in [0.717, 1.165) is 24.0 Å². The van der Waals surface area contributed by atoms with E-state index in [4.69, 9.17) is 9.47 Å². The largest absolute Gasteiger partial charge is 0.493 e. The van der Waals surface area contributed by atoms with E-state index in [2.05, 4.69) is 5.32 Å². The van der Waals surface area contributed by atoms with Crippen molar-refractivity contribution in [3.63, 3.8) is 0 Å². The smallest absolute Gasteiger partial charge is 0.318 e. The van der Waals surface area contributed by atoms with Crippen LogP contribution in [0.5, 0.6) is 11.5 Å². The minimum atomic E-state index is -0.305. The molecule has 0 radical (unpaired) electrons. The molecule has 26 heavy (non-hydrogen) atoms. The van der Waals surface area contributed by atoms with Crippen LogP contribution in [0, 0.1) is 5.82 Å². The molecule has 6 heteroatoms. The number of amides is 2. The van der Waals surface area contributed by atoms with Crippen molar-refractivity contribution in [1.29, 1.82) is 0 Å². The predicted octanol–water partition coefficient (Wildman–Crippen LogP) is 3.89. The maximum atomic E-state index is 13.3. The molecule has 0 aromatic heterocycles. The highest BCUT2D eigenvalue weighted by Crippen LogP contribution is 2.36. The van der Waals surface area contributed by atoms with Crippen LogP contribution in [-0.4, -0.2) is 31.7 Å². The second-order valence-electron chi connectivity index (χ2n) is 6.25. The molecule has 1 fully saturated rings. The summed E-state index contributed by atoms with van der Waals surface area (Å²) in [7, 11) is 3.19. The first kappa shape index (κ1) is 18.0. The lowest BCUT2D eigenvalue weighted by molar-refractivity contribution is 0.192. The summed E-state index contributed by atoms with van der Waals surface area (Å²) in [5.74, 6) is 1.01. The number of likely N-dealkylation sites (tertiary alicyclic amines) is 1. The van der Waals surface area contributed by atoms with E-state index in [9.17, 15) is 9.18 Å². The molecule has 1 N–H and O–H groups in total. The van der Waals surface area contributed by atoms with Gasteiger partial charge < -0.3 is 19.7 Å². The quantitative estimate of drug-likeness (QED) is 0.882. The molecule has 138 valence electrons. The van der Waals surface area contributed by atoms with Crippen LogP contribution in [0.15, 0.2) is 42.5 Å². The van der Waals surface area contributed by atoms with Crippen molar-refractivity contribution in [2.45, 2.75) is 25.4 Å². The minimum absolute atomic E-state index is 0.0117. The van der Waals surface area contributed by atoms with Gasteiger partial charge in [-0.2, -0.15) is 0 Å². The molecule has 1 heterocycles. The van der Waals surface area contributed by atoms with E-state index in [1.165, 1.54) is 12.1 Å². The number of carbonyl (C=O) groups is 1. The van der Waals surface area contributed by atoms with E-state index in [1.54, 1.807) is 26.4 Å². The average Bonchev–Trinajstić information content (AvgIpc) is 3.15. The summed E-state index contributed by atoms with van der Waals surface area (Å²) < 4.78 is 23.9. The van der Waals surface area contributed by atoms with E-state index >= 15 is 0 Å². The Morgan fingerprint density at radius 3 is 2.73 bits per heavy atom. The normalized spacial score (nSPS) is 16.4. The number of urea groups is 1. The van der Waals surface area contributed by atoms with Gasteiger partial charge in [-0.05, 0) is 48.2 Å². The van der Waals surface area contributed by atoms with Crippen LogP contribution < -0.4 is 14.8 Å². The number of rotatable bonds is 5. The fourth-order valence-corrected chi connectivity index (χ4v) is 3.34. The van der Waals surface area contributed by atoms with Gasteiger partial charge in [0.1, 0.15) is 5.82 Å². The summed E-state index contributed by atoms with van der Waals surface area (Å²) in [6.07, 6.45) is 1.83. The molecule has 2 aromatic carbocycles. The number of benzene rings is 2. The van der Waals surface area contributed by atoms with Crippen LogP contribution in [-0.2, 0) is 6.54 Å². The summed E-state index contributed by atoms with van der Waals surface area (Å²) in [5.41, 5.74) is 1.75. The highest BCUT2D eigenvalue weighted by Gasteiger charge is 2.30. The number of halogens is 1. The fourth-order valence-electron chi connectivity index (χ4n) is 3.34. The number of carbonyl (C=O) groups excluding carboxylic acids is 1. The third kappa shape index (κ3) is 3.90. The lowest BCUT2D eigenvalue weighted by Gasteiger charge is -2.26. The second kappa shape index (κ2) is 8.08. The van der Waals surface area contributed by atoms with Crippen molar-refractivity contribution in [1.82, 2.24) is 10.2 Å². The Bertz CT molecular complexity index is 781. The standard InChI is InChI=1S/C20H23FN2O3/c1-25-18-9-8-15(12-19(18)26-2)17-7-4-10-23(17)20(24)22-13-14-5-3-6-16(21)11-14/h3,5-6,8-9,11-12,17H,4,7,10,13H2,1-2H3,(H,22,24). The molecule has 1 atom stereocenters. The minimum Gasteiger partial charge on any atom is -0.493 e. The number of nitrogens with one attached hydrogen (secondary N) is 1. The van der Waals surface area contributed by atoms with Crippen molar-refractivity contribution in [3.05, 3.63) is 59.4 Å². The third-order valence-electron chi connectivity index (χ3n) is 4.64. The second-order valence-corrected chi connectivity index (χ2v) is 6.25. The number of hydrogen-bond donors (Lipinski definition) is 1. The van der Waals surface area contributed by atoms with Crippen LogP contribution in [0.2, 0.25) is 0 Å². The topological polar surface area (TPSA) is 50.8 Å². The van der Waals surface area contributed by atoms with Crippen molar-refractivity contribution in [2.75, 3.05) is 20.8 Å². The molecule has 1 unspecified atom stereocenters. The molecule has 3 rings (SSSR count). The van der Waals surface area contributed by atoms with Crippen molar-refractivity contribution in [3.8, 4) is 11.5 Å². The zero-order valence-electron chi connectivity index (χ0n) is 15.0.